The first-order valence-corrected chi connectivity index (χ1v) is 10.4. The molecule has 0 aliphatic heterocycles. The Bertz CT molecular complexity index is 1210. The molecular weight excluding hydrogens is 390 g/mol. The summed E-state index contributed by atoms with van der Waals surface area (Å²) in [5, 5.41) is 8.25. The van der Waals surface area contributed by atoms with Crippen molar-refractivity contribution >= 4 is 28.7 Å². The summed E-state index contributed by atoms with van der Waals surface area (Å²) in [7, 11) is 0. The third-order valence-electron chi connectivity index (χ3n) is 4.91. The summed E-state index contributed by atoms with van der Waals surface area (Å²) >= 11 is 7.51. The van der Waals surface area contributed by atoms with Crippen LogP contribution in [0, 0.1) is 0 Å². The molecule has 1 aliphatic rings. The molecule has 0 unspecified atom stereocenters. The molecule has 6 heteroatoms. The number of aryl methyl sites for hydroxylation is 1. The van der Waals surface area contributed by atoms with Crippen molar-refractivity contribution in [2.45, 2.75) is 19.8 Å². The van der Waals surface area contributed by atoms with Crippen molar-refractivity contribution < 1.29 is 4.79 Å². The van der Waals surface area contributed by atoms with Gasteiger partial charge in [-0.3, -0.25) is 4.79 Å². The van der Waals surface area contributed by atoms with Crippen molar-refractivity contribution in [1.29, 1.82) is 0 Å². The Morgan fingerprint density at radius 1 is 1.07 bits per heavy atom. The molecule has 28 heavy (non-hydrogen) atoms. The minimum absolute atomic E-state index is 0.0646. The van der Waals surface area contributed by atoms with Gasteiger partial charge < -0.3 is 0 Å². The standard InChI is InChI=1S/C22H16ClN3OS/c1-2-5-17-19-20(15-6-3-4-7-16(15)21(19)27)26(25-17)22-24-18(12-28-22)13-8-10-14(23)11-9-13/h3-4,6-12H,2,5H2,1H3. The maximum absolute atomic E-state index is 13.0. The van der Waals surface area contributed by atoms with Crippen LogP contribution in [0.4, 0.5) is 0 Å². The minimum Gasteiger partial charge on any atom is -0.288 e. The molecule has 2 aromatic carbocycles. The molecule has 0 amide bonds. The number of carbonyl (C=O) groups excluding carboxylic acids is 1. The highest BCUT2D eigenvalue weighted by Gasteiger charge is 2.34. The SMILES string of the molecule is CCCc1nn(-c2nc(-c3ccc(Cl)cc3)cs2)c2c1C(=O)c1ccccc1-2. The fraction of sp³-hybridized carbons (Fsp3) is 0.136. The lowest BCUT2D eigenvalue weighted by molar-refractivity contribution is 0.104. The number of hydrogen-bond acceptors (Lipinski definition) is 4. The van der Waals surface area contributed by atoms with Crippen molar-refractivity contribution in [1.82, 2.24) is 14.8 Å². The van der Waals surface area contributed by atoms with Crippen LogP contribution in [-0.2, 0) is 6.42 Å². The fourth-order valence-electron chi connectivity index (χ4n) is 3.64. The van der Waals surface area contributed by atoms with Crippen LogP contribution in [0.2, 0.25) is 5.02 Å². The van der Waals surface area contributed by atoms with Gasteiger partial charge in [0.1, 0.15) is 0 Å². The number of halogens is 1. The molecule has 0 spiro atoms. The lowest BCUT2D eigenvalue weighted by Gasteiger charge is -2.03. The molecule has 2 heterocycles. The van der Waals surface area contributed by atoms with Gasteiger partial charge in [-0.2, -0.15) is 5.10 Å². The average Bonchev–Trinajstić information content (AvgIpc) is 3.39. The van der Waals surface area contributed by atoms with Crippen molar-refractivity contribution in [3.05, 3.63) is 75.8 Å². The molecule has 0 saturated carbocycles. The smallest absolute Gasteiger partial charge is 0.211 e. The molecule has 0 atom stereocenters. The third kappa shape index (κ3) is 2.62. The number of fused-ring (bicyclic) bond motifs is 3. The van der Waals surface area contributed by atoms with Crippen LogP contribution in [0.3, 0.4) is 0 Å². The molecule has 0 radical (unpaired) electrons. The van der Waals surface area contributed by atoms with Crippen molar-refractivity contribution in [2.24, 2.45) is 0 Å². The van der Waals surface area contributed by atoms with Gasteiger partial charge in [-0.25, -0.2) is 9.67 Å². The second-order valence-electron chi connectivity index (χ2n) is 6.73. The number of hydrogen-bond donors (Lipinski definition) is 0. The third-order valence-corrected chi connectivity index (χ3v) is 5.98. The Morgan fingerprint density at radius 3 is 2.57 bits per heavy atom. The van der Waals surface area contributed by atoms with Crippen LogP contribution in [0.15, 0.2) is 53.9 Å². The highest BCUT2D eigenvalue weighted by Crippen LogP contribution is 2.40. The summed E-state index contributed by atoms with van der Waals surface area (Å²) in [5.74, 6) is 0.0646. The summed E-state index contributed by atoms with van der Waals surface area (Å²) in [5.41, 5.74) is 5.99. The molecule has 2 aromatic heterocycles. The summed E-state index contributed by atoms with van der Waals surface area (Å²) in [6.07, 6.45) is 1.70. The zero-order valence-corrected chi connectivity index (χ0v) is 16.7. The molecule has 138 valence electrons. The first-order chi connectivity index (χ1) is 13.7. The van der Waals surface area contributed by atoms with Crippen LogP contribution in [0.1, 0.15) is 35.0 Å². The first kappa shape index (κ1) is 17.3. The van der Waals surface area contributed by atoms with Crippen LogP contribution < -0.4 is 0 Å². The summed E-state index contributed by atoms with van der Waals surface area (Å²) in [6, 6.07) is 15.4. The highest BCUT2D eigenvalue weighted by atomic mass is 35.5. The van der Waals surface area contributed by atoms with Gasteiger partial charge >= 0.3 is 0 Å². The Labute approximate surface area is 171 Å². The highest BCUT2D eigenvalue weighted by molar-refractivity contribution is 7.12. The number of ketones is 1. The fourth-order valence-corrected chi connectivity index (χ4v) is 4.55. The summed E-state index contributed by atoms with van der Waals surface area (Å²) < 4.78 is 1.84. The number of carbonyl (C=O) groups is 1. The van der Waals surface area contributed by atoms with E-state index in [2.05, 4.69) is 6.92 Å². The predicted molar refractivity (Wildman–Crippen MR) is 113 cm³/mol. The van der Waals surface area contributed by atoms with Gasteiger partial charge in [0.15, 0.2) is 5.78 Å². The second-order valence-corrected chi connectivity index (χ2v) is 8.00. The van der Waals surface area contributed by atoms with E-state index >= 15 is 0 Å². The number of rotatable bonds is 4. The summed E-state index contributed by atoms with van der Waals surface area (Å²) in [6.45, 7) is 2.10. The Morgan fingerprint density at radius 2 is 1.82 bits per heavy atom. The van der Waals surface area contributed by atoms with E-state index in [1.807, 2.05) is 58.6 Å². The molecule has 4 nitrogen and oxygen atoms in total. The van der Waals surface area contributed by atoms with Crippen LogP contribution >= 0.6 is 22.9 Å². The lowest BCUT2D eigenvalue weighted by atomic mass is 10.1. The van der Waals surface area contributed by atoms with Crippen molar-refractivity contribution in [3.8, 4) is 27.6 Å². The number of aromatic nitrogens is 3. The topological polar surface area (TPSA) is 47.8 Å². The van der Waals surface area contributed by atoms with Gasteiger partial charge in [0.25, 0.3) is 0 Å². The maximum atomic E-state index is 13.0. The average molecular weight is 406 g/mol. The van der Waals surface area contributed by atoms with Crippen LogP contribution in [-0.4, -0.2) is 20.5 Å². The van der Waals surface area contributed by atoms with Gasteiger partial charge in [0.2, 0.25) is 5.13 Å². The molecule has 1 aliphatic carbocycles. The largest absolute Gasteiger partial charge is 0.288 e. The van der Waals surface area contributed by atoms with Gasteiger partial charge in [-0.15, -0.1) is 11.3 Å². The molecule has 0 saturated heterocycles. The van der Waals surface area contributed by atoms with Crippen molar-refractivity contribution in [3.63, 3.8) is 0 Å². The zero-order chi connectivity index (χ0) is 19.3. The van der Waals surface area contributed by atoms with Gasteiger partial charge in [0, 0.05) is 27.1 Å². The van der Waals surface area contributed by atoms with E-state index in [1.165, 1.54) is 11.3 Å². The van der Waals surface area contributed by atoms with Gasteiger partial charge in [0.05, 0.1) is 22.6 Å². The lowest BCUT2D eigenvalue weighted by Crippen LogP contribution is -2.02. The number of benzene rings is 2. The quantitative estimate of drug-likeness (QED) is 0.379. The van der Waals surface area contributed by atoms with E-state index in [1.54, 1.807) is 0 Å². The van der Waals surface area contributed by atoms with Crippen LogP contribution in [0.25, 0.3) is 27.6 Å². The monoisotopic (exact) mass is 405 g/mol. The van der Waals surface area contributed by atoms with Crippen LogP contribution in [0.5, 0.6) is 0 Å². The second kappa shape index (κ2) is 6.69. The predicted octanol–water partition coefficient (Wildman–Crippen LogP) is 5.81. The summed E-state index contributed by atoms with van der Waals surface area (Å²) in [4.78, 5) is 17.8. The van der Waals surface area contributed by atoms with Gasteiger partial charge in [-0.1, -0.05) is 61.3 Å². The Kier molecular flexibility index (Phi) is 4.14. The maximum Gasteiger partial charge on any atom is 0.211 e. The number of nitrogens with zero attached hydrogens (tertiary/aromatic N) is 3. The normalized spacial score (nSPS) is 12.3. The Hall–Kier alpha value is -2.76. The van der Waals surface area contributed by atoms with Crippen molar-refractivity contribution in [2.75, 3.05) is 0 Å². The minimum atomic E-state index is 0.0646. The molecule has 0 N–H and O–H groups in total. The van der Waals surface area contributed by atoms with E-state index < -0.39 is 0 Å². The zero-order valence-electron chi connectivity index (χ0n) is 15.1. The molecule has 0 fully saturated rings. The van der Waals surface area contributed by atoms with E-state index in [0.29, 0.717) is 5.02 Å². The van der Waals surface area contributed by atoms with E-state index in [-0.39, 0.29) is 5.78 Å². The molecular formula is C22H16ClN3OS. The molecule has 5 rings (SSSR count). The number of thiazole rings is 1. The van der Waals surface area contributed by atoms with E-state index in [9.17, 15) is 4.79 Å². The molecule has 4 aromatic rings. The molecule has 0 bridgehead atoms. The first-order valence-electron chi connectivity index (χ1n) is 9.15. The Balaban J connectivity index is 1.67. The van der Waals surface area contributed by atoms with E-state index in [4.69, 9.17) is 21.7 Å². The van der Waals surface area contributed by atoms with Gasteiger partial charge in [-0.05, 0) is 18.6 Å². The van der Waals surface area contributed by atoms with E-state index in [0.717, 1.165) is 57.3 Å².